The molecule has 0 saturated heterocycles. The molecular weight excluding hydrogens is 381 g/mol. The molecule has 0 aliphatic carbocycles. The van der Waals surface area contributed by atoms with E-state index >= 15 is 0 Å². The molecule has 0 amide bonds. The molecule has 8 nitrogen and oxygen atoms in total. The van der Waals surface area contributed by atoms with E-state index in [0.717, 1.165) is 11.1 Å². The van der Waals surface area contributed by atoms with Gasteiger partial charge in [-0.05, 0) is 40.3 Å². The minimum absolute atomic E-state index is 0.231. The number of halogens is 1. The van der Waals surface area contributed by atoms with Crippen molar-refractivity contribution < 1.29 is 23.5 Å². The van der Waals surface area contributed by atoms with Gasteiger partial charge in [0.2, 0.25) is 0 Å². The number of rotatable bonds is 7. The van der Waals surface area contributed by atoms with Crippen molar-refractivity contribution in [3.63, 3.8) is 0 Å². The summed E-state index contributed by atoms with van der Waals surface area (Å²) in [5.74, 6) is 0.190. The van der Waals surface area contributed by atoms with Gasteiger partial charge in [0.1, 0.15) is 37.1 Å². The second kappa shape index (κ2) is 8.27. The molecule has 0 saturated carbocycles. The van der Waals surface area contributed by atoms with E-state index in [0.29, 0.717) is 25.5 Å². The number of benzene rings is 2. The number of aromatic nitrogens is 2. The van der Waals surface area contributed by atoms with Crippen molar-refractivity contribution in [2.24, 2.45) is 0 Å². The molecule has 3 aromatic rings. The van der Waals surface area contributed by atoms with Crippen LogP contribution in [0.3, 0.4) is 0 Å². The molecule has 4 rings (SSSR count). The molecule has 0 fully saturated rings. The van der Waals surface area contributed by atoms with Crippen LogP contribution in [0, 0.1) is 15.9 Å². The number of fused-ring (bicyclic) bond motifs is 1. The van der Waals surface area contributed by atoms with Crippen molar-refractivity contribution in [3.8, 4) is 11.8 Å². The maximum absolute atomic E-state index is 12.9. The zero-order chi connectivity index (χ0) is 20.2. The number of nitrogens with zero attached hydrogens (tertiary/aromatic N) is 3. The quantitative estimate of drug-likeness (QED) is 0.446. The lowest BCUT2D eigenvalue weighted by Crippen LogP contribution is -2.32. The van der Waals surface area contributed by atoms with Crippen LogP contribution in [0.25, 0.3) is 0 Å². The first-order valence-electron chi connectivity index (χ1n) is 8.99. The zero-order valence-electron chi connectivity index (χ0n) is 15.4. The molecule has 2 heterocycles. The normalized spacial score (nSPS) is 15.4. The fourth-order valence-corrected chi connectivity index (χ4v) is 2.90. The molecular formula is C20H18FN3O5. The molecule has 0 spiro atoms. The van der Waals surface area contributed by atoms with Crippen molar-refractivity contribution in [2.75, 3.05) is 6.61 Å². The lowest BCUT2D eigenvalue weighted by molar-refractivity contribution is -0.389. The SMILES string of the molecule is O=[N+]([O-])c1cn2c(n1)OCC(OCc1ccc(OCc3ccc(F)cc3)cc1)C2. The fraction of sp³-hybridized carbons (Fsp3) is 0.250. The van der Waals surface area contributed by atoms with E-state index in [4.69, 9.17) is 14.2 Å². The van der Waals surface area contributed by atoms with Crippen molar-refractivity contribution in [1.29, 1.82) is 0 Å². The lowest BCUT2D eigenvalue weighted by Gasteiger charge is -2.22. The summed E-state index contributed by atoms with van der Waals surface area (Å²) in [6.07, 6.45) is 1.11. The average molecular weight is 399 g/mol. The summed E-state index contributed by atoms with van der Waals surface area (Å²) in [5.41, 5.74) is 1.84. The Labute approximate surface area is 165 Å². The third kappa shape index (κ3) is 4.69. The standard InChI is InChI=1S/C20H18FN3O5/c21-16-5-1-14(2-6-16)11-27-17-7-3-15(4-8-17)12-28-18-9-23-10-19(24(25)26)22-20(23)29-13-18/h1-8,10,18H,9,11-13H2. The molecule has 0 N–H and O–H groups in total. The van der Waals surface area contributed by atoms with Crippen LogP contribution in [0.15, 0.2) is 54.7 Å². The van der Waals surface area contributed by atoms with E-state index in [9.17, 15) is 14.5 Å². The second-order valence-corrected chi connectivity index (χ2v) is 6.59. The van der Waals surface area contributed by atoms with Crippen LogP contribution in [-0.4, -0.2) is 27.2 Å². The van der Waals surface area contributed by atoms with Gasteiger partial charge in [0, 0.05) is 4.98 Å². The topological polar surface area (TPSA) is 88.7 Å². The molecule has 1 aliphatic heterocycles. The second-order valence-electron chi connectivity index (χ2n) is 6.59. The van der Waals surface area contributed by atoms with E-state index in [2.05, 4.69) is 4.98 Å². The largest absolute Gasteiger partial charge is 0.489 e. The lowest BCUT2D eigenvalue weighted by atomic mass is 10.2. The van der Waals surface area contributed by atoms with E-state index in [1.54, 1.807) is 16.7 Å². The van der Waals surface area contributed by atoms with Crippen molar-refractivity contribution in [1.82, 2.24) is 9.55 Å². The predicted molar refractivity (Wildman–Crippen MR) is 100 cm³/mol. The zero-order valence-corrected chi connectivity index (χ0v) is 15.4. The monoisotopic (exact) mass is 399 g/mol. The predicted octanol–water partition coefficient (Wildman–Crippen LogP) is 3.49. The van der Waals surface area contributed by atoms with Gasteiger partial charge in [0.25, 0.3) is 0 Å². The van der Waals surface area contributed by atoms with Gasteiger partial charge in [-0.15, -0.1) is 0 Å². The minimum atomic E-state index is -0.551. The summed E-state index contributed by atoms with van der Waals surface area (Å²) in [6.45, 7) is 1.45. The van der Waals surface area contributed by atoms with Gasteiger partial charge >= 0.3 is 11.8 Å². The highest BCUT2D eigenvalue weighted by molar-refractivity contribution is 5.27. The maximum Gasteiger partial charge on any atom is 0.414 e. The Morgan fingerprint density at radius 2 is 1.83 bits per heavy atom. The smallest absolute Gasteiger partial charge is 0.414 e. The number of hydrogen-bond donors (Lipinski definition) is 0. The van der Waals surface area contributed by atoms with Gasteiger partial charge in [0.15, 0.2) is 0 Å². The first kappa shape index (κ1) is 18.9. The van der Waals surface area contributed by atoms with Crippen LogP contribution in [0.4, 0.5) is 10.2 Å². The summed E-state index contributed by atoms with van der Waals surface area (Å²) < 4.78 is 31.5. The Balaban J connectivity index is 1.27. The van der Waals surface area contributed by atoms with Crippen LogP contribution in [0.1, 0.15) is 11.1 Å². The van der Waals surface area contributed by atoms with E-state index < -0.39 is 4.92 Å². The Bertz CT molecular complexity index is 988. The highest BCUT2D eigenvalue weighted by Crippen LogP contribution is 2.23. The van der Waals surface area contributed by atoms with Gasteiger partial charge < -0.3 is 24.3 Å². The molecule has 2 aromatic carbocycles. The van der Waals surface area contributed by atoms with Crippen LogP contribution in [-0.2, 0) is 24.5 Å². The molecule has 9 heteroatoms. The summed E-state index contributed by atoms with van der Waals surface area (Å²) >= 11 is 0. The molecule has 0 radical (unpaired) electrons. The van der Waals surface area contributed by atoms with E-state index in [1.807, 2.05) is 24.3 Å². The summed E-state index contributed by atoms with van der Waals surface area (Å²) in [7, 11) is 0. The van der Waals surface area contributed by atoms with E-state index in [-0.39, 0.29) is 30.4 Å². The molecule has 1 aromatic heterocycles. The fourth-order valence-electron chi connectivity index (χ4n) is 2.90. The highest BCUT2D eigenvalue weighted by Gasteiger charge is 2.28. The molecule has 1 atom stereocenters. The van der Waals surface area contributed by atoms with Crippen LogP contribution in [0.5, 0.6) is 11.8 Å². The third-order valence-electron chi connectivity index (χ3n) is 4.44. The number of hydrogen-bond acceptors (Lipinski definition) is 6. The van der Waals surface area contributed by atoms with Gasteiger partial charge in [-0.25, -0.2) is 4.39 Å². The number of nitro groups is 1. The maximum atomic E-state index is 12.9. The first-order valence-corrected chi connectivity index (χ1v) is 8.99. The van der Waals surface area contributed by atoms with Gasteiger partial charge in [-0.3, -0.25) is 4.57 Å². The highest BCUT2D eigenvalue weighted by atomic mass is 19.1. The Kier molecular flexibility index (Phi) is 5.39. The van der Waals surface area contributed by atoms with Crippen LogP contribution >= 0.6 is 0 Å². The molecule has 0 bridgehead atoms. The first-order chi connectivity index (χ1) is 14.1. The Morgan fingerprint density at radius 3 is 2.55 bits per heavy atom. The van der Waals surface area contributed by atoms with Crippen LogP contribution in [0.2, 0.25) is 0 Å². The number of ether oxygens (including phenoxy) is 3. The number of imidazole rings is 1. The van der Waals surface area contributed by atoms with Crippen molar-refractivity contribution in [2.45, 2.75) is 25.9 Å². The third-order valence-corrected chi connectivity index (χ3v) is 4.44. The van der Waals surface area contributed by atoms with E-state index in [1.165, 1.54) is 18.3 Å². The summed E-state index contributed by atoms with van der Waals surface area (Å²) in [6, 6.07) is 13.9. The Hall–Kier alpha value is -3.46. The molecule has 1 unspecified atom stereocenters. The Morgan fingerprint density at radius 1 is 1.14 bits per heavy atom. The van der Waals surface area contributed by atoms with Gasteiger partial charge in [-0.2, -0.15) is 0 Å². The van der Waals surface area contributed by atoms with Crippen LogP contribution < -0.4 is 9.47 Å². The van der Waals surface area contributed by atoms with Gasteiger partial charge in [0.05, 0.1) is 13.2 Å². The minimum Gasteiger partial charge on any atom is -0.489 e. The summed E-state index contributed by atoms with van der Waals surface area (Å²) in [4.78, 5) is 14.1. The van der Waals surface area contributed by atoms with Crippen molar-refractivity contribution >= 4 is 5.82 Å². The van der Waals surface area contributed by atoms with Gasteiger partial charge in [-0.1, -0.05) is 24.3 Å². The molecule has 1 aliphatic rings. The summed E-state index contributed by atoms with van der Waals surface area (Å²) in [5, 5.41) is 10.8. The average Bonchev–Trinajstić information content (AvgIpc) is 3.16. The van der Waals surface area contributed by atoms with Crippen molar-refractivity contribution in [3.05, 3.63) is 81.8 Å². The molecule has 29 heavy (non-hydrogen) atoms. The molecule has 150 valence electrons.